The van der Waals surface area contributed by atoms with Crippen molar-refractivity contribution in [3.05, 3.63) is 18.2 Å². The topological polar surface area (TPSA) is 67.6 Å². The molecule has 0 aliphatic carbocycles. The van der Waals surface area contributed by atoms with Crippen LogP contribution in [0.2, 0.25) is 0 Å². The number of hydrogen-bond acceptors (Lipinski definition) is 4. The highest BCUT2D eigenvalue weighted by Gasteiger charge is 2.23. The Balaban J connectivity index is 2.05. The van der Waals surface area contributed by atoms with Crippen molar-refractivity contribution in [2.75, 3.05) is 30.3 Å². The first-order valence-corrected chi connectivity index (χ1v) is 7.14. The molecule has 5 heteroatoms. The molecule has 2 rings (SSSR count). The third-order valence-corrected chi connectivity index (χ3v) is 3.35. The maximum Gasteiger partial charge on any atom is 0.217 e. The third-order valence-electron chi connectivity index (χ3n) is 3.35. The summed E-state index contributed by atoms with van der Waals surface area (Å²) in [5.74, 6) is 0.834. The van der Waals surface area contributed by atoms with E-state index in [1.807, 2.05) is 18.2 Å². The minimum Gasteiger partial charge on any atom is -0.493 e. The molecule has 0 spiro atoms. The second-order valence-corrected chi connectivity index (χ2v) is 5.24. The zero-order chi connectivity index (χ0) is 14.5. The Morgan fingerprint density at radius 2 is 2.30 bits per heavy atom. The van der Waals surface area contributed by atoms with E-state index in [0.717, 1.165) is 37.4 Å². The number of nitrogens with two attached hydrogens (primary N) is 1. The van der Waals surface area contributed by atoms with Gasteiger partial charge in [0.1, 0.15) is 5.75 Å². The van der Waals surface area contributed by atoms with Gasteiger partial charge in [0.25, 0.3) is 0 Å². The van der Waals surface area contributed by atoms with Crippen LogP contribution in [0, 0.1) is 0 Å². The van der Waals surface area contributed by atoms with Crippen LogP contribution in [0.25, 0.3) is 0 Å². The van der Waals surface area contributed by atoms with Gasteiger partial charge in [-0.25, -0.2) is 0 Å². The largest absolute Gasteiger partial charge is 0.493 e. The van der Waals surface area contributed by atoms with E-state index in [2.05, 4.69) is 17.1 Å². The lowest BCUT2D eigenvalue weighted by molar-refractivity contribution is -0.119. The standard InChI is InChI=1S/C15H23N3O2/c1-3-6-20-15-8-12(16)7-14(9-15)18-5-4-13(10-18)17-11(2)19/h7-9,13H,3-6,10,16H2,1-2H3,(H,17,19). The maximum atomic E-state index is 11.1. The number of amides is 1. The van der Waals surface area contributed by atoms with Crippen molar-refractivity contribution in [3.63, 3.8) is 0 Å². The Morgan fingerprint density at radius 1 is 1.50 bits per heavy atom. The molecule has 1 unspecified atom stereocenters. The fourth-order valence-electron chi connectivity index (χ4n) is 2.49. The predicted molar refractivity (Wildman–Crippen MR) is 81.1 cm³/mol. The molecule has 0 bridgehead atoms. The Labute approximate surface area is 120 Å². The van der Waals surface area contributed by atoms with Crippen LogP contribution in [0.5, 0.6) is 5.75 Å². The van der Waals surface area contributed by atoms with Gasteiger partial charge in [-0.2, -0.15) is 0 Å². The van der Waals surface area contributed by atoms with Gasteiger partial charge in [-0.15, -0.1) is 0 Å². The molecule has 1 fully saturated rings. The lowest BCUT2D eigenvalue weighted by Gasteiger charge is -2.20. The van der Waals surface area contributed by atoms with Gasteiger partial charge in [0.2, 0.25) is 5.91 Å². The highest BCUT2D eigenvalue weighted by Crippen LogP contribution is 2.28. The SMILES string of the molecule is CCCOc1cc(N)cc(N2CCC(NC(C)=O)C2)c1. The normalized spacial score (nSPS) is 18.1. The Kier molecular flexibility index (Phi) is 4.71. The van der Waals surface area contributed by atoms with Gasteiger partial charge in [0, 0.05) is 49.6 Å². The number of nitrogens with zero attached hydrogens (tertiary/aromatic N) is 1. The van der Waals surface area contributed by atoms with Crippen LogP contribution in [0.3, 0.4) is 0 Å². The molecule has 1 aliphatic heterocycles. The zero-order valence-electron chi connectivity index (χ0n) is 12.2. The number of anilines is 2. The van der Waals surface area contributed by atoms with Gasteiger partial charge in [0.15, 0.2) is 0 Å². The van der Waals surface area contributed by atoms with E-state index in [1.54, 1.807) is 6.92 Å². The molecule has 5 nitrogen and oxygen atoms in total. The molecule has 1 atom stereocenters. The number of carbonyl (C=O) groups is 1. The van der Waals surface area contributed by atoms with Crippen molar-refractivity contribution < 1.29 is 9.53 Å². The third kappa shape index (κ3) is 3.79. The number of benzene rings is 1. The molecular weight excluding hydrogens is 254 g/mol. The molecule has 0 radical (unpaired) electrons. The number of carbonyl (C=O) groups excluding carboxylic acids is 1. The van der Waals surface area contributed by atoms with Crippen LogP contribution in [0.15, 0.2) is 18.2 Å². The van der Waals surface area contributed by atoms with Gasteiger partial charge in [-0.05, 0) is 18.9 Å². The molecule has 20 heavy (non-hydrogen) atoms. The first-order chi connectivity index (χ1) is 9.58. The summed E-state index contributed by atoms with van der Waals surface area (Å²) in [5.41, 5.74) is 7.70. The average molecular weight is 277 g/mol. The Hall–Kier alpha value is -1.91. The van der Waals surface area contributed by atoms with E-state index >= 15 is 0 Å². The second-order valence-electron chi connectivity index (χ2n) is 5.24. The second kappa shape index (κ2) is 6.50. The van der Waals surface area contributed by atoms with Crippen molar-refractivity contribution in [2.24, 2.45) is 0 Å². The molecular formula is C15H23N3O2. The monoisotopic (exact) mass is 277 g/mol. The highest BCUT2D eigenvalue weighted by atomic mass is 16.5. The molecule has 110 valence electrons. The molecule has 1 saturated heterocycles. The summed E-state index contributed by atoms with van der Waals surface area (Å²) in [5, 5.41) is 2.96. The average Bonchev–Trinajstić information content (AvgIpc) is 2.83. The van der Waals surface area contributed by atoms with Crippen molar-refractivity contribution in [1.29, 1.82) is 0 Å². The molecule has 0 aromatic heterocycles. The zero-order valence-corrected chi connectivity index (χ0v) is 12.2. The highest BCUT2D eigenvalue weighted by molar-refractivity contribution is 5.73. The fraction of sp³-hybridized carbons (Fsp3) is 0.533. The number of hydrogen-bond donors (Lipinski definition) is 2. The molecule has 1 heterocycles. The summed E-state index contributed by atoms with van der Waals surface area (Å²) in [6.07, 6.45) is 1.93. The van der Waals surface area contributed by atoms with E-state index in [0.29, 0.717) is 12.3 Å². The quantitative estimate of drug-likeness (QED) is 0.805. The minimum atomic E-state index is 0.0244. The maximum absolute atomic E-state index is 11.1. The first kappa shape index (κ1) is 14.5. The van der Waals surface area contributed by atoms with E-state index in [-0.39, 0.29) is 11.9 Å². The summed E-state index contributed by atoms with van der Waals surface area (Å²) in [4.78, 5) is 13.3. The number of rotatable bonds is 5. The van der Waals surface area contributed by atoms with Crippen LogP contribution in [0.1, 0.15) is 26.7 Å². The van der Waals surface area contributed by atoms with Gasteiger partial charge < -0.3 is 20.7 Å². The number of ether oxygens (including phenoxy) is 1. The Morgan fingerprint density at radius 3 is 3.00 bits per heavy atom. The summed E-state index contributed by atoms with van der Waals surface area (Å²) >= 11 is 0. The minimum absolute atomic E-state index is 0.0244. The fourth-order valence-corrected chi connectivity index (χ4v) is 2.49. The van der Waals surface area contributed by atoms with Crippen LogP contribution in [-0.4, -0.2) is 31.6 Å². The molecule has 1 aromatic carbocycles. The van der Waals surface area contributed by atoms with E-state index < -0.39 is 0 Å². The van der Waals surface area contributed by atoms with Gasteiger partial charge in [-0.1, -0.05) is 6.92 Å². The smallest absolute Gasteiger partial charge is 0.217 e. The van der Waals surface area contributed by atoms with Gasteiger partial charge in [-0.3, -0.25) is 4.79 Å². The number of nitrogen functional groups attached to an aromatic ring is 1. The van der Waals surface area contributed by atoms with Crippen LogP contribution in [0.4, 0.5) is 11.4 Å². The Bertz CT molecular complexity index is 476. The van der Waals surface area contributed by atoms with E-state index in [9.17, 15) is 4.79 Å². The van der Waals surface area contributed by atoms with Crippen molar-refractivity contribution >= 4 is 17.3 Å². The summed E-state index contributed by atoms with van der Waals surface area (Å²) in [7, 11) is 0. The van der Waals surface area contributed by atoms with Crippen LogP contribution >= 0.6 is 0 Å². The van der Waals surface area contributed by atoms with E-state index in [1.165, 1.54) is 0 Å². The lowest BCUT2D eigenvalue weighted by Crippen LogP contribution is -2.35. The molecule has 0 saturated carbocycles. The first-order valence-electron chi connectivity index (χ1n) is 7.14. The van der Waals surface area contributed by atoms with Crippen molar-refractivity contribution in [2.45, 2.75) is 32.7 Å². The molecule has 3 N–H and O–H groups in total. The predicted octanol–water partition coefficient (Wildman–Crippen LogP) is 1.77. The summed E-state index contributed by atoms with van der Waals surface area (Å²) in [6, 6.07) is 6.03. The van der Waals surface area contributed by atoms with Gasteiger partial charge in [0.05, 0.1) is 6.61 Å². The van der Waals surface area contributed by atoms with Crippen LogP contribution < -0.4 is 20.7 Å². The summed E-state index contributed by atoms with van der Waals surface area (Å²) in [6.45, 7) is 6.06. The van der Waals surface area contributed by atoms with Crippen molar-refractivity contribution in [3.8, 4) is 5.75 Å². The van der Waals surface area contributed by atoms with Crippen LogP contribution in [-0.2, 0) is 4.79 Å². The number of nitrogens with one attached hydrogen (secondary N) is 1. The van der Waals surface area contributed by atoms with Gasteiger partial charge >= 0.3 is 0 Å². The molecule has 1 aliphatic rings. The van der Waals surface area contributed by atoms with E-state index in [4.69, 9.17) is 10.5 Å². The molecule has 1 aromatic rings. The summed E-state index contributed by atoms with van der Waals surface area (Å²) < 4.78 is 5.65. The molecule has 1 amide bonds. The van der Waals surface area contributed by atoms with Crippen molar-refractivity contribution in [1.82, 2.24) is 5.32 Å². The lowest BCUT2D eigenvalue weighted by atomic mass is 10.2.